The van der Waals surface area contributed by atoms with E-state index < -0.39 is 0 Å². The number of hydrogen-bond donors (Lipinski definition) is 2. The SMILES string of the molecule is CNc1ccc(C2CCN(C(=O)c3cccc(-c4nc(COC)[nH]c4C)c3)CC2)cc1. The average molecular weight is 419 g/mol. The molecule has 1 amide bonds. The van der Waals surface area contributed by atoms with E-state index in [2.05, 4.69) is 39.6 Å². The van der Waals surface area contributed by atoms with Gasteiger partial charge in [-0.25, -0.2) is 4.98 Å². The van der Waals surface area contributed by atoms with Crippen molar-refractivity contribution in [3.63, 3.8) is 0 Å². The van der Waals surface area contributed by atoms with E-state index in [0.29, 0.717) is 18.1 Å². The number of ether oxygens (including phenoxy) is 1. The predicted octanol–water partition coefficient (Wildman–Crippen LogP) is 4.59. The van der Waals surface area contributed by atoms with Gasteiger partial charge >= 0.3 is 0 Å². The first-order valence-electron chi connectivity index (χ1n) is 10.8. The Balaban J connectivity index is 1.44. The molecule has 0 radical (unpaired) electrons. The third-order valence-corrected chi connectivity index (χ3v) is 6.05. The van der Waals surface area contributed by atoms with Gasteiger partial charge in [-0.1, -0.05) is 24.3 Å². The van der Waals surface area contributed by atoms with E-state index in [1.54, 1.807) is 7.11 Å². The lowest BCUT2D eigenvalue weighted by molar-refractivity contribution is 0.0713. The summed E-state index contributed by atoms with van der Waals surface area (Å²) in [6.45, 7) is 3.98. The van der Waals surface area contributed by atoms with Crippen LogP contribution in [0.4, 0.5) is 5.69 Å². The van der Waals surface area contributed by atoms with Crippen LogP contribution in [0.15, 0.2) is 48.5 Å². The first-order chi connectivity index (χ1) is 15.1. The van der Waals surface area contributed by atoms with E-state index in [9.17, 15) is 4.79 Å². The Labute approximate surface area is 183 Å². The Morgan fingerprint density at radius 3 is 2.61 bits per heavy atom. The minimum atomic E-state index is 0.0936. The van der Waals surface area contributed by atoms with Crippen molar-refractivity contribution in [3.05, 3.63) is 71.2 Å². The highest BCUT2D eigenvalue weighted by atomic mass is 16.5. The van der Waals surface area contributed by atoms with Gasteiger partial charge in [0, 0.05) is 49.8 Å². The van der Waals surface area contributed by atoms with Crippen molar-refractivity contribution < 1.29 is 9.53 Å². The summed E-state index contributed by atoms with van der Waals surface area (Å²) in [4.78, 5) is 23.0. The van der Waals surface area contributed by atoms with E-state index in [-0.39, 0.29) is 5.91 Å². The molecule has 4 rings (SSSR count). The monoisotopic (exact) mass is 418 g/mol. The van der Waals surface area contributed by atoms with Crippen LogP contribution in [-0.4, -0.2) is 48.0 Å². The molecule has 0 unspecified atom stereocenters. The number of piperidine rings is 1. The molecule has 3 aromatic rings. The molecule has 162 valence electrons. The fourth-order valence-corrected chi connectivity index (χ4v) is 4.33. The summed E-state index contributed by atoms with van der Waals surface area (Å²) in [5.41, 5.74) is 5.98. The van der Waals surface area contributed by atoms with Gasteiger partial charge in [-0.2, -0.15) is 0 Å². The largest absolute Gasteiger partial charge is 0.388 e. The highest BCUT2D eigenvalue weighted by Crippen LogP contribution is 2.30. The number of methoxy groups -OCH3 is 1. The van der Waals surface area contributed by atoms with Crippen LogP contribution in [0.5, 0.6) is 0 Å². The first-order valence-corrected chi connectivity index (χ1v) is 10.8. The number of aromatic nitrogens is 2. The standard InChI is InChI=1S/C25H30N4O2/c1-17-24(28-23(27-17)16-31-3)20-5-4-6-21(15-20)25(30)29-13-11-19(12-14-29)18-7-9-22(26-2)10-8-18/h4-10,15,19,26H,11-14,16H2,1-3H3,(H,27,28). The summed E-state index contributed by atoms with van der Waals surface area (Å²) in [5.74, 6) is 1.39. The maximum absolute atomic E-state index is 13.2. The minimum Gasteiger partial charge on any atom is -0.388 e. The van der Waals surface area contributed by atoms with Gasteiger partial charge in [-0.3, -0.25) is 4.79 Å². The van der Waals surface area contributed by atoms with E-state index in [1.165, 1.54) is 5.56 Å². The van der Waals surface area contributed by atoms with Crippen molar-refractivity contribution >= 4 is 11.6 Å². The lowest BCUT2D eigenvalue weighted by Crippen LogP contribution is -2.37. The zero-order valence-corrected chi connectivity index (χ0v) is 18.4. The summed E-state index contributed by atoms with van der Waals surface area (Å²) in [5, 5.41) is 3.16. The van der Waals surface area contributed by atoms with Crippen molar-refractivity contribution in [3.8, 4) is 11.3 Å². The van der Waals surface area contributed by atoms with Crippen molar-refractivity contribution in [2.75, 3.05) is 32.6 Å². The molecule has 6 nitrogen and oxygen atoms in total. The van der Waals surface area contributed by atoms with E-state index >= 15 is 0 Å². The Bertz CT molecular complexity index is 1030. The number of benzene rings is 2. The van der Waals surface area contributed by atoms with Gasteiger partial charge in [0.15, 0.2) is 0 Å². The van der Waals surface area contributed by atoms with E-state index in [4.69, 9.17) is 4.74 Å². The Morgan fingerprint density at radius 1 is 1.19 bits per heavy atom. The second-order valence-electron chi connectivity index (χ2n) is 8.11. The van der Waals surface area contributed by atoms with Crippen LogP contribution in [0.1, 0.15) is 46.2 Å². The van der Waals surface area contributed by atoms with Gasteiger partial charge in [0.2, 0.25) is 0 Å². The van der Waals surface area contributed by atoms with Crippen molar-refractivity contribution in [1.29, 1.82) is 0 Å². The number of rotatable bonds is 6. The van der Waals surface area contributed by atoms with E-state index in [0.717, 1.165) is 54.4 Å². The number of anilines is 1. The fourth-order valence-electron chi connectivity index (χ4n) is 4.33. The second kappa shape index (κ2) is 9.35. The molecule has 0 spiro atoms. The van der Waals surface area contributed by atoms with Gasteiger partial charge in [0.25, 0.3) is 5.91 Å². The van der Waals surface area contributed by atoms with Gasteiger partial charge in [-0.05, 0) is 55.5 Å². The lowest BCUT2D eigenvalue weighted by Gasteiger charge is -2.32. The summed E-state index contributed by atoms with van der Waals surface area (Å²) in [6.07, 6.45) is 1.98. The van der Waals surface area contributed by atoms with Crippen molar-refractivity contribution in [2.24, 2.45) is 0 Å². The molecule has 2 aromatic carbocycles. The van der Waals surface area contributed by atoms with Gasteiger partial charge < -0.3 is 19.9 Å². The van der Waals surface area contributed by atoms with Gasteiger partial charge in [-0.15, -0.1) is 0 Å². The number of nitrogens with zero attached hydrogens (tertiary/aromatic N) is 2. The van der Waals surface area contributed by atoms with Crippen LogP contribution in [0.3, 0.4) is 0 Å². The van der Waals surface area contributed by atoms with Crippen molar-refractivity contribution in [2.45, 2.75) is 32.3 Å². The fraction of sp³-hybridized carbons (Fsp3) is 0.360. The molecule has 0 saturated carbocycles. The number of hydrogen-bond acceptors (Lipinski definition) is 4. The summed E-state index contributed by atoms with van der Waals surface area (Å²) in [7, 11) is 3.58. The Morgan fingerprint density at radius 2 is 1.94 bits per heavy atom. The van der Waals surface area contributed by atoms with Crippen LogP contribution in [0.2, 0.25) is 0 Å². The normalized spacial score (nSPS) is 14.6. The number of likely N-dealkylation sites (tertiary alicyclic amines) is 1. The molecule has 1 aromatic heterocycles. The first kappa shape index (κ1) is 21.1. The molecule has 2 N–H and O–H groups in total. The number of imidazole rings is 1. The molecular weight excluding hydrogens is 388 g/mol. The van der Waals surface area contributed by atoms with Crippen LogP contribution >= 0.6 is 0 Å². The van der Waals surface area contributed by atoms with Crippen LogP contribution in [0.25, 0.3) is 11.3 Å². The molecule has 0 atom stereocenters. The number of H-pyrrole nitrogens is 1. The van der Waals surface area contributed by atoms with Crippen LogP contribution < -0.4 is 5.32 Å². The molecule has 1 saturated heterocycles. The van der Waals surface area contributed by atoms with Crippen LogP contribution in [-0.2, 0) is 11.3 Å². The number of aromatic amines is 1. The molecular formula is C25H30N4O2. The maximum atomic E-state index is 13.2. The number of carbonyl (C=O) groups excluding carboxylic acids is 1. The molecule has 31 heavy (non-hydrogen) atoms. The van der Waals surface area contributed by atoms with Gasteiger partial charge in [0.1, 0.15) is 12.4 Å². The average Bonchev–Trinajstić information content (AvgIpc) is 3.19. The number of nitrogens with one attached hydrogen (secondary N) is 2. The molecule has 2 heterocycles. The summed E-state index contributed by atoms with van der Waals surface area (Å²) in [6, 6.07) is 16.4. The zero-order chi connectivity index (χ0) is 21.8. The number of amides is 1. The smallest absolute Gasteiger partial charge is 0.253 e. The maximum Gasteiger partial charge on any atom is 0.253 e. The molecule has 1 aliphatic heterocycles. The quantitative estimate of drug-likeness (QED) is 0.614. The third kappa shape index (κ3) is 4.64. The summed E-state index contributed by atoms with van der Waals surface area (Å²) >= 11 is 0. The highest BCUT2D eigenvalue weighted by Gasteiger charge is 2.25. The molecule has 1 fully saturated rings. The van der Waals surface area contributed by atoms with Gasteiger partial charge in [0.05, 0.1) is 5.69 Å². The van der Waals surface area contributed by atoms with Crippen LogP contribution in [0, 0.1) is 6.92 Å². The lowest BCUT2D eigenvalue weighted by atomic mass is 9.89. The Hall–Kier alpha value is -3.12. The van der Waals surface area contributed by atoms with E-state index in [1.807, 2.05) is 43.1 Å². The number of aryl methyl sites for hydroxylation is 1. The minimum absolute atomic E-state index is 0.0936. The number of carbonyl (C=O) groups is 1. The zero-order valence-electron chi connectivity index (χ0n) is 18.4. The third-order valence-electron chi connectivity index (χ3n) is 6.05. The topological polar surface area (TPSA) is 70.2 Å². The molecule has 0 aliphatic carbocycles. The summed E-state index contributed by atoms with van der Waals surface area (Å²) < 4.78 is 5.17. The molecule has 0 bridgehead atoms. The molecule has 6 heteroatoms. The highest BCUT2D eigenvalue weighted by molar-refractivity contribution is 5.95. The van der Waals surface area contributed by atoms with Crippen molar-refractivity contribution in [1.82, 2.24) is 14.9 Å². The second-order valence-corrected chi connectivity index (χ2v) is 8.11. The molecule has 1 aliphatic rings. The predicted molar refractivity (Wildman–Crippen MR) is 123 cm³/mol. The Kier molecular flexibility index (Phi) is 6.37.